The minimum absolute atomic E-state index is 0.434. The van der Waals surface area contributed by atoms with Gasteiger partial charge in [-0.3, -0.25) is 0 Å². The van der Waals surface area contributed by atoms with E-state index in [4.69, 9.17) is 27.9 Å². The lowest BCUT2D eigenvalue weighted by Gasteiger charge is -2.10. The van der Waals surface area contributed by atoms with Crippen molar-refractivity contribution >= 4 is 23.2 Å². The Balaban J connectivity index is 2.31. The summed E-state index contributed by atoms with van der Waals surface area (Å²) < 4.78 is 5.70. The second-order valence-corrected chi connectivity index (χ2v) is 4.55. The van der Waals surface area contributed by atoms with Crippen molar-refractivity contribution in [3.63, 3.8) is 0 Å². The van der Waals surface area contributed by atoms with Crippen molar-refractivity contribution in [1.82, 2.24) is 9.97 Å². The first-order chi connectivity index (χ1) is 8.70. The summed E-state index contributed by atoms with van der Waals surface area (Å²) in [5.41, 5.74) is 0.821. The molecule has 0 bridgehead atoms. The van der Waals surface area contributed by atoms with Gasteiger partial charge < -0.3 is 4.74 Å². The zero-order valence-corrected chi connectivity index (χ0v) is 11.4. The van der Waals surface area contributed by atoms with Crippen LogP contribution in [-0.4, -0.2) is 9.97 Å². The fourth-order valence-electron chi connectivity index (χ4n) is 1.57. The van der Waals surface area contributed by atoms with Crippen LogP contribution in [0.1, 0.15) is 18.9 Å². The monoisotopic (exact) mass is 282 g/mol. The molecule has 5 heteroatoms. The Kier molecular flexibility index (Phi) is 4.39. The highest BCUT2D eigenvalue weighted by molar-refractivity contribution is 6.30. The van der Waals surface area contributed by atoms with Crippen LogP contribution >= 0.6 is 23.2 Å². The summed E-state index contributed by atoms with van der Waals surface area (Å²) in [5.74, 6) is 1.12. The summed E-state index contributed by atoms with van der Waals surface area (Å²) in [6.07, 6.45) is 3.11. The topological polar surface area (TPSA) is 35.0 Å². The number of benzene rings is 1. The molecule has 0 N–H and O–H groups in total. The molecule has 0 unspecified atom stereocenters. The zero-order chi connectivity index (χ0) is 13.0. The summed E-state index contributed by atoms with van der Waals surface area (Å²) in [7, 11) is 0. The van der Waals surface area contributed by atoms with E-state index in [-0.39, 0.29) is 0 Å². The van der Waals surface area contributed by atoms with Crippen LogP contribution in [0.2, 0.25) is 10.2 Å². The zero-order valence-electron chi connectivity index (χ0n) is 9.86. The van der Waals surface area contributed by atoms with Gasteiger partial charge in [0, 0.05) is 5.02 Å². The van der Waals surface area contributed by atoms with Crippen LogP contribution < -0.4 is 4.74 Å². The predicted molar refractivity (Wildman–Crippen MR) is 72.6 cm³/mol. The maximum absolute atomic E-state index is 6.05. The Labute approximate surface area is 116 Å². The number of aromatic nitrogens is 2. The number of halogens is 2. The fraction of sp³-hybridized carbons (Fsp3) is 0.231. The average molecular weight is 283 g/mol. The number of hydrogen-bond acceptors (Lipinski definition) is 3. The summed E-state index contributed by atoms with van der Waals surface area (Å²) in [6, 6.07) is 7.15. The van der Waals surface area contributed by atoms with Gasteiger partial charge in [0.1, 0.15) is 17.2 Å². The Morgan fingerprint density at radius 3 is 2.78 bits per heavy atom. The third-order valence-electron chi connectivity index (χ3n) is 2.36. The van der Waals surface area contributed by atoms with Crippen molar-refractivity contribution in [2.24, 2.45) is 0 Å². The van der Waals surface area contributed by atoms with Crippen molar-refractivity contribution in [2.75, 3.05) is 0 Å². The first-order valence-electron chi connectivity index (χ1n) is 5.63. The van der Waals surface area contributed by atoms with E-state index in [9.17, 15) is 0 Å². The van der Waals surface area contributed by atoms with E-state index < -0.39 is 0 Å². The lowest BCUT2D eigenvalue weighted by molar-refractivity contribution is 0.454. The van der Waals surface area contributed by atoms with Gasteiger partial charge in [-0.05, 0) is 24.6 Å². The second-order valence-electron chi connectivity index (χ2n) is 3.76. The van der Waals surface area contributed by atoms with E-state index in [1.54, 1.807) is 12.1 Å². The molecule has 0 fully saturated rings. The summed E-state index contributed by atoms with van der Waals surface area (Å²) >= 11 is 12.0. The lowest BCUT2D eigenvalue weighted by atomic mass is 10.2. The number of ether oxygens (including phenoxy) is 1. The standard InChI is InChI=1S/C13H12Cl2N2O/c1-2-4-11-12(15)16-8-17-13(11)18-10-6-3-5-9(14)7-10/h3,5-8H,2,4H2,1H3. The molecule has 0 saturated heterocycles. The van der Waals surface area contributed by atoms with E-state index in [1.165, 1.54) is 6.33 Å². The van der Waals surface area contributed by atoms with Crippen LogP contribution in [-0.2, 0) is 6.42 Å². The van der Waals surface area contributed by atoms with Gasteiger partial charge in [-0.25, -0.2) is 9.97 Å². The van der Waals surface area contributed by atoms with Gasteiger partial charge >= 0.3 is 0 Å². The van der Waals surface area contributed by atoms with Crippen LogP contribution in [0.25, 0.3) is 0 Å². The van der Waals surface area contributed by atoms with Crippen LogP contribution in [0.15, 0.2) is 30.6 Å². The van der Waals surface area contributed by atoms with Gasteiger partial charge in [-0.15, -0.1) is 0 Å². The number of nitrogens with zero attached hydrogens (tertiary/aromatic N) is 2. The third kappa shape index (κ3) is 3.12. The quantitative estimate of drug-likeness (QED) is 0.773. The molecule has 1 aromatic heterocycles. The molecule has 0 amide bonds. The molecule has 1 aromatic carbocycles. The molecule has 2 rings (SSSR count). The van der Waals surface area contributed by atoms with Gasteiger partial charge in [-0.2, -0.15) is 0 Å². The molecular formula is C13H12Cl2N2O. The highest BCUT2D eigenvalue weighted by atomic mass is 35.5. The molecular weight excluding hydrogens is 271 g/mol. The van der Waals surface area contributed by atoms with Gasteiger partial charge in [-0.1, -0.05) is 42.6 Å². The van der Waals surface area contributed by atoms with Gasteiger partial charge in [0.05, 0.1) is 5.56 Å². The van der Waals surface area contributed by atoms with E-state index in [1.807, 2.05) is 12.1 Å². The van der Waals surface area contributed by atoms with Crippen LogP contribution in [0.5, 0.6) is 11.6 Å². The smallest absolute Gasteiger partial charge is 0.227 e. The molecule has 0 aliphatic rings. The van der Waals surface area contributed by atoms with Crippen molar-refractivity contribution < 1.29 is 4.74 Å². The second kappa shape index (κ2) is 6.03. The Morgan fingerprint density at radius 2 is 2.06 bits per heavy atom. The van der Waals surface area contributed by atoms with Crippen LogP contribution in [0.4, 0.5) is 0 Å². The van der Waals surface area contributed by atoms with Crippen molar-refractivity contribution in [3.05, 3.63) is 46.3 Å². The van der Waals surface area contributed by atoms with E-state index in [0.29, 0.717) is 21.8 Å². The Hall–Kier alpha value is -1.32. The first kappa shape index (κ1) is 13.1. The summed E-state index contributed by atoms with van der Waals surface area (Å²) in [5, 5.41) is 1.05. The van der Waals surface area contributed by atoms with E-state index >= 15 is 0 Å². The normalized spacial score (nSPS) is 10.4. The summed E-state index contributed by atoms with van der Waals surface area (Å²) in [6.45, 7) is 2.06. The predicted octanol–water partition coefficient (Wildman–Crippen LogP) is 4.53. The fourth-order valence-corrected chi connectivity index (χ4v) is 1.97. The number of rotatable bonds is 4. The largest absolute Gasteiger partial charge is 0.439 e. The van der Waals surface area contributed by atoms with E-state index in [0.717, 1.165) is 18.4 Å². The molecule has 2 aromatic rings. The minimum Gasteiger partial charge on any atom is -0.439 e. The minimum atomic E-state index is 0.434. The molecule has 0 radical (unpaired) electrons. The third-order valence-corrected chi connectivity index (χ3v) is 2.92. The molecule has 18 heavy (non-hydrogen) atoms. The van der Waals surface area contributed by atoms with Crippen LogP contribution in [0.3, 0.4) is 0 Å². The highest BCUT2D eigenvalue weighted by Crippen LogP contribution is 2.28. The van der Waals surface area contributed by atoms with Gasteiger partial charge in [0.25, 0.3) is 0 Å². The molecule has 0 saturated carbocycles. The average Bonchev–Trinajstić information content (AvgIpc) is 2.34. The maximum Gasteiger partial charge on any atom is 0.227 e. The highest BCUT2D eigenvalue weighted by Gasteiger charge is 2.11. The number of hydrogen-bond donors (Lipinski definition) is 0. The molecule has 0 spiro atoms. The Bertz CT molecular complexity index is 546. The lowest BCUT2D eigenvalue weighted by Crippen LogP contribution is -1.97. The van der Waals surface area contributed by atoms with Crippen LogP contribution in [0, 0.1) is 0 Å². The Morgan fingerprint density at radius 1 is 1.22 bits per heavy atom. The molecule has 0 aliphatic carbocycles. The molecule has 1 heterocycles. The molecule has 3 nitrogen and oxygen atoms in total. The molecule has 0 aliphatic heterocycles. The summed E-state index contributed by atoms with van der Waals surface area (Å²) in [4.78, 5) is 8.09. The van der Waals surface area contributed by atoms with Gasteiger partial charge in [0.2, 0.25) is 5.88 Å². The van der Waals surface area contributed by atoms with Crippen molar-refractivity contribution in [2.45, 2.75) is 19.8 Å². The molecule has 94 valence electrons. The van der Waals surface area contributed by atoms with Crippen molar-refractivity contribution in [3.8, 4) is 11.6 Å². The first-order valence-corrected chi connectivity index (χ1v) is 6.39. The van der Waals surface area contributed by atoms with E-state index in [2.05, 4.69) is 16.9 Å². The SMILES string of the molecule is CCCc1c(Cl)ncnc1Oc1cccc(Cl)c1. The van der Waals surface area contributed by atoms with Crippen molar-refractivity contribution in [1.29, 1.82) is 0 Å². The van der Waals surface area contributed by atoms with Gasteiger partial charge in [0.15, 0.2) is 0 Å². The molecule has 0 atom stereocenters. The maximum atomic E-state index is 6.05.